The molecule has 0 radical (unpaired) electrons. The Balaban J connectivity index is 1.40. The lowest BCUT2D eigenvalue weighted by Gasteiger charge is -2.36. The van der Waals surface area contributed by atoms with Gasteiger partial charge >= 0.3 is 0 Å². The maximum absolute atomic E-state index is 13.3. The highest BCUT2D eigenvalue weighted by atomic mass is 32.2. The number of amides is 2. The number of carbonyl (C=O) groups excluding carboxylic acids is 2. The maximum Gasteiger partial charge on any atom is 0.251 e. The predicted molar refractivity (Wildman–Crippen MR) is 137 cm³/mol. The van der Waals surface area contributed by atoms with E-state index in [4.69, 9.17) is 4.74 Å². The number of ether oxygens (including phenoxy) is 1. The van der Waals surface area contributed by atoms with Gasteiger partial charge in [-0.25, -0.2) is 8.42 Å². The first kappa shape index (κ1) is 26.2. The molecule has 36 heavy (non-hydrogen) atoms. The summed E-state index contributed by atoms with van der Waals surface area (Å²) < 4.78 is 32.9. The molecule has 0 bridgehead atoms. The second-order valence-electron chi connectivity index (χ2n) is 9.67. The number of hydrogen-bond donors (Lipinski definition) is 2. The summed E-state index contributed by atoms with van der Waals surface area (Å²) in [4.78, 5) is 26.3. The minimum absolute atomic E-state index is 0.131. The van der Waals surface area contributed by atoms with Crippen LogP contribution in [-0.2, 0) is 14.8 Å². The highest BCUT2D eigenvalue weighted by Gasteiger charge is 2.35. The summed E-state index contributed by atoms with van der Waals surface area (Å²) in [7, 11) is -2.18. The third-order valence-corrected chi connectivity index (χ3v) is 9.13. The SMILES string of the molecule is COc1ccc(S(=O)(=O)N2CCCC(C(=O)N[C@@H]3CCCC[C@H]3NC(=O)c3ccccc3C)C2)cc1. The molecule has 2 aromatic rings. The van der Waals surface area contributed by atoms with Crippen molar-refractivity contribution in [3.8, 4) is 5.75 Å². The second kappa shape index (κ2) is 11.4. The van der Waals surface area contributed by atoms with Crippen LogP contribution in [0.15, 0.2) is 53.4 Å². The van der Waals surface area contributed by atoms with Crippen molar-refractivity contribution < 1.29 is 22.7 Å². The van der Waals surface area contributed by atoms with Crippen molar-refractivity contribution in [2.24, 2.45) is 5.92 Å². The molecule has 1 saturated heterocycles. The van der Waals surface area contributed by atoms with Crippen LogP contribution >= 0.6 is 0 Å². The number of carbonyl (C=O) groups is 2. The van der Waals surface area contributed by atoms with Gasteiger partial charge < -0.3 is 15.4 Å². The maximum atomic E-state index is 13.3. The fraction of sp³-hybridized carbons (Fsp3) is 0.481. The lowest BCUT2D eigenvalue weighted by Crippen LogP contribution is -2.55. The number of rotatable bonds is 7. The third kappa shape index (κ3) is 5.90. The molecule has 1 unspecified atom stereocenters. The molecule has 9 heteroatoms. The van der Waals surface area contributed by atoms with Crippen molar-refractivity contribution in [1.29, 1.82) is 0 Å². The first-order valence-electron chi connectivity index (χ1n) is 12.6. The Kier molecular flexibility index (Phi) is 8.31. The van der Waals surface area contributed by atoms with E-state index in [1.165, 1.54) is 23.5 Å². The van der Waals surface area contributed by atoms with E-state index in [-0.39, 0.29) is 35.3 Å². The Morgan fingerprint density at radius 1 is 0.917 bits per heavy atom. The molecule has 2 N–H and O–H groups in total. The fourth-order valence-corrected chi connectivity index (χ4v) is 6.65. The molecule has 8 nitrogen and oxygen atoms in total. The topological polar surface area (TPSA) is 105 Å². The zero-order chi connectivity index (χ0) is 25.7. The van der Waals surface area contributed by atoms with Crippen LogP contribution in [0.1, 0.15) is 54.4 Å². The smallest absolute Gasteiger partial charge is 0.251 e. The molecule has 2 aromatic carbocycles. The summed E-state index contributed by atoms with van der Waals surface area (Å²) in [6.45, 7) is 2.44. The van der Waals surface area contributed by atoms with Gasteiger partial charge in [-0.1, -0.05) is 31.0 Å². The zero-order valence-electron chi connectivity index (χ0n) is 20.9. The minimum Gasteiger partial charge on any atom is -0.497 e. The first-order chi connectivity index (χ1) is 17.3. The Morgan fingerprint density at radius 2 is 1.58 bits per heavy atom. The molecule has 2 aliphatic rings. The number of methoxy groups -OCH3 is 1. The van der Waals surface area contributed by atoms with E-state index >= 15 is 0 Å². The third-order valence-electron chi connectivity index (χ3n) is 7.25. The lowest BCUT2D eigenvalue weighted by molar-refractivity contribution is -0.127. The molecule has 1 aliphatic carbocycles. The summed E-state index contributed by atoms with van der Waals surface area (Å²) in [5, 5.41) is 6.27. The van der Waals surface area contributed by atoms with E-state index in [0.29, 0.717) is 30.7 Å². The van der Waals surface area contributed by atoms with E-state index in [2.05, 4.69) is 10.6 Å². The molecule has 1 heterocycles. The largest absolute Gasteiger partial charge is 0.497 e. The van der Waals surface area contributed by atoms with E-state index in [0.717, 1.165) is 31.2 Å². The van der Waals surface area contributed by atoms with Crippen molar-refractivity contribution in [2.75, 3.05) is 20.2 Å². The zero-order valence-corrected chi connectivity index (χ0v) is 21.7. The summed E-state index contributed by atoms with van der Waals surface area (Å²) in [5.74, 6) is -0.122. The normalized spacial score (nSPS) is 23.0. The van der Waals surface area contributed by atoms with Gasteiger partial charge in [-0.2, -0.15) is 4.31 Å². The Labute approximate surface area is 213 Å². The molecular weight excluding hydrogens is 478 g/mol. The number of nitrogens with one attached hydrogen (secondary N) is 2. The molecule has 1 aliphatic heterocycles. The van der Waals surface area contributed by atoms with Gasteiger partial charge in [-0.3, -0.25) is 9.59 Å². The molecule has 0 spiro atoms. The summed E-state index contributed by atoms with van der Waals surface area (Å²) in [5.41, 5.74) is 1.55. The van der Waals surface area contributed by atoms with Crippen molar-refractivity contribution in [1.82, 2.24) is 14.9 Å². The van der Waals surface area contributed by atoms with Crippen LogP contribution in [0, 0.1) is 12.8 Å². The lowest BCUT2D eigenvalue weighted by atomic mass is 9.89. The Morgan fingerprint density at radius 3 is 2.25 bits per heavy atom. The van der Waals surface area contributed by atoms with Gasteiger partial charge in [0.2, 0.25) is 15.9 Å². The van der Waals surface area contributed by atoms with Gasteiger partial charge in [-0.15, -0.1) is 0 Å². The highest BCUT2D eigenvalue weighted by Crippen LogP contribution is 2.26. The number of sulfonamides is 1. The second-order valence-corrected chi connectivity index (χ2v) is 11.6. The average Bonchev–Trinajstić information content (AvgIpc) is 2.90. The van der Waals surface area contributed by atoms with Gasteiger partial charge in [0.15, 0.2) is 0 Å². The van der Waals surface area contributed by atoms with Crippen LogP contribution in [0.5, 0.6) is 5.75 Å². The quantitative estimate of drug-likeness (QED) is 0.591. The van der Waals surface area contributed by atoms with Gasteiger partial charge in [-0.05, 0) is 68.5 Å². The predicted octanol–water partition coefficient (Wildman–Crippen LogP) is 3.26. The standard InChI is InChI=1S/C27H35N3O5S/c1-19-8-3-4-10-23(19)27(32)29-25-12-6-5-11-24(25)28-26(31)20-9-7-17-30(18-20)36(33,34)22-15-13-21(35-2)14-16-22/h3-4,8,10,13-16,20,24-25H,5-7,9,11-12,17-18H2,1-2H3,(H,28,31)(H,29,32)/t20?,24-,25-/m1/s1. The summed E-state index contributed by atoms with van der Waals surface area (Å²) >= 11 is 0. The Hall–Kier alpha value is -2.91. The summed E-state index contributed by atoms with van der Waals surface area (Å²) in [6, 6.07) is 13.4. The van der Waals surface area contributed by atoms with Crippen LogP contribution < -0.4 is 15.4 Å². The van der Waals surface area contributed by atoms with Crippen LogP contribution in [0.4, 0.5) is 0 Å². The van der Waals surface area contributed by atoms with Crippen LogP contribution in [0.25, 0.3) is 0 Å². The number of benzene rings is 2. The fourth-order valence-electron chi connectivity index (χ4n) is 5.12. The van der Waals surface area contributed by atoms with Crippen molar-refractivity contribution in [3.05, 3.63) is 59.7 Å². The molecule has 1 saturated carbocycles. The number of piperidine rings is 1. The molecule has 2 fully saturated rings. The van der Waals surface area contributed by atoms with Crippen LogP contribution in [-0.4, -0.2) is 56.8 Å². The molecule has 194 valence electrons. The van der Waals surface area contributed by atoms with Crippen molar-refractivity contribution >= 4 is 21.8 Å². The van der Waals surface area contributed by atoms with E-state index < -0.39 is 15.9 Å². The molecule has 0 aromatic heterocycles. The van der Waals surface area contributed by atoms with Crippen molar-refractivity contribution in [3.63, 3.8) is 0 Å². The van der Waals surface area contributed by atoms with E-state index in [1.54, 1.807) is 18.2 Å². The summed E-state index contributed by atoms with van der Waals surface area (Å²) in [6.07, 6.45) is 4.79. The first-order valence-corrected chi connectivity index (χ1v) is 14.0. The average molecular weight is 514 g/mol. The molecular formula is C27H35N3O5S. The van der Waals surface area contributed by atoms with E-state index in [1.807, 2.05) is 25.1 Å². The van der Waals surface area contributed by atoms with Gasteiger partial charge in [0.1, 0.15) is 5.75 Å². The van der Waals surface area contributed by atoms with Gasteiger partial charge in [0.25, 0.3) is 5.91 Å². The molecule has 4 rings (SSSR count). The number of nitrogens with zero attached hydrogens (tertiary/aromatic N) is 1. The monoisotopic (exact) mass is 513 g/mol. The van der Waals surface area contributed by atoms with Crippen LogP contribution in [0.3, 0.4) is 0 Å². The molecule has 3 atom stereocenters. The van der Waals surface area contributed by atoms with Gasteiger partial charge in [0.05, 0.1) is 17.9 Å². The Bertz CT molecular complexity index is 1180. The highest BCUT2D eigenvalue weighted by molar-refractivity contribution is 7.89. The van der Waals surface area contributed by atoms with Crippen LogP contribution in [0.2, 0.25) is 0 Å². The minimum atomic E-state index is -3.71. The van der Waals surface area contributed by atoms with Crippen molar-refractivity contribution in [2.45, 2.75) is 62.4 Å². The number of aryl methyl sites for hydroxylation is 1. The van der Waals surface area contributed by atoms with Gasteiger partial charge in [0, 0.05) is 30.7 Å². The molecule has 2 amide bonds. The van der Waals surface area contributed by atoms with E-state index in [9.17, 15) is 18.0 Å². The number of hydrogen-bond acceptors (Lipinski definition) is 5.